The molecule has 1 saturated heterocycles. The maximum atomic E-state index is 3.67. The summed E-state index contributed by atoms with van der Waals surface area (Å²) >= 11 is 0. The molecule has 1 heterocycles. The Hall–Kier alpha value is -0.530. The van der Waals surface area contributed by atoms with Crippen LogP contribution in [0.15, 0.2) is 24.3 Å². The average Bonchev–Trinajstić information content (AvgIpc) is 2.18. The minimum absolute atomic E-state index is 0. The quantitative estimate of drug-likeness (QED) is 0.770. The van der Waals surface area contributed by atoms with E-state index in [-0.39, 0.29) is 12.4 Å². The van der Waals surface area contributed by atoms with Gasteiger partial charge in [-0.05, 0) is 37.8 Å². The van der Waals surface area contributed by atoms with E-state index in [2.05, 4.69) is 43.4 Å². The Balaban J connectivity index is 0.00000112. The molecule has 1 aromatic rings. The van der Waals surface area contributed by atoms with Crippen molar-refractivity contribution in [1.29, 1.82) is 0 Å². The van der Waals surface area contributed by atoms with Crippen molar-refractivity contribution in [2.24, 2.45) is 0 Å². The zero-order chi connectivity index (χ0) is 9.97. The predicted molar refractivity (Wildman–Crippen MR) is 67.6 cm³/mol. The molecule has 84 valence electrons. The first-order valence-electron chi connectivity index (χ1n) is 5.59. The summed E-state index contributed by atoms with van der Waals surface area (Å²) in [5.41, 5.74) is 2.90. The fourth-order valence-electron chi connectivity index (χ4n) is 2.36. The zero-order valence-corrected chi connectivity index (χ0v) is 10.3. The highest BCUT2D eigenvalue weighted by atomic mass is 35.5. The van der Waals surface area contributed by atoms with Gasteiger partial charge in [0.15, 0.2) is 0 Å². The maximum Gasteiger partial charge on any atom is 0.0325 e. The van der Waals surface area contributed by atoms with Gasteiger partial charge in [0.05, 0.1) is 0 Å². The summed E-state index contributed by atoms with van der Waals surface area (Å²) in [6.07, 6.45) is 3.96. The van der Waals surface area contributed by atoms with Crippen LogP contribution in [0.5, 0.6) is 0 Å². The first kappa shape index (κ1) is 12.5. The van der Waals surface area contributed by atoms with Gasteiger partial charge in [-0.3, -0.25) is 0 Å². The number of rotatable bonds is 1. The summed E-state index contributed by atoms with van der Waals surface area (Å²) in [7, 11) is 0. The van der Waals surface area contributed by atoms with Crippen LogP contribution in [-0.4, -0.2) is 6.04 Å². The summed E-state index contributed by atoms with van der Waals surface area (Å²) in [6, 6.07) is 9.98. The van der Waals surface area contributed by atoms with Crippen LogP contribution in [0.4, 0.5) is 0 Å². The van der Waals surface area contributed by atoms with E-state index in [1.165, 1.54) is 30.4 Å². The van der Waals surface area contributed by atoms with Gasteiger partial charge in [0, 0.05) is 12.1 Å². The predicted octanol–water partition coefficient (Wildman–Crippen LogP) is 3.62. The lowest BCUT2D eigenvalue weighted by Crippen LogP contribution is -2.34. The summed E-state index contributed by atoms with van der Waals surface area (Å²) in [4.78, 5) is 0. The molecule has 1 aromatic carbocycles. The standard InChI is InChI=1S/C13H19N.ClH/c1-10-6-3-4-8-12(10)13-9-5-7-11(2)14-13;/h3-4,6,8,11,13-14H,5,7,9H2,1-2H3;1H/t11-,13-;/m1./s1. The summed E-state index contributed by atoms with van der Waals surface area (Å²) in [6.45, 7) is 4.49. The van der Waals surface area contributed by atoms with E-state index >= 15 is 0 Å². The largest absolute Gasteiger partial charge is 0.307 e. The Morgan fingerprint density at radius 2 is 1.93 bits per heavy atom. The van der Waals surface area contributed by atoms with E-state index in [4.69, 9.17) is 0 Å². The molecule has 0 bridgehead atoms. The van der Waals surface area contributed by atoms with E-state index < -0.39 is 0 Å². The van der Waals surface area contributed by atoms with Crippen molar-refractivity contribution in [3.63, 3.8) is 0 Å². The van der Waals surface area contributed by atoms with E-state index in [0.29, 0.717) is 12.1 Å². The minimum atomic E-state index is 0. The van der Waals surface area contributed by atoms with Crippen molar-refractivity contribution in [2.45, 2.75) is 45.2 Å². The molecule has 2 atom stereocenters. The van der Waals surface area contributed by atoms with Gasteiger partial charge in [-0.25, -0.2) is 0 Å². The molecule has 1 N–H and O–H groups in total. The first-order valence-corrected chi connectivity index (χ1v) is 5.59. The fraction of sp³-hybridized carbons (Fsp3) is 0.538. The molecular weight excluding hydrogens is 206 g/mol. The van der Waals surface area contributed by atoms with Gasteiger partial charge in [0.1, 0.15) is 0 Å². The molecule has 2 heteroatoms. The number of hydrogen-bond acceptors (Lipinski definition) is 1. The molecule has 0 aromatic heterocycles. The van der Waals surface area contributed by atoms with Gasteiger partial charge in [-0.15, -0.1) is 12.4 Å². The summed E-state index contributed by atoms with van der Waals surface area (Å²) < 4.78 is 0. The second-order valence-electron chi connectivity index (χ2n) is 4.41. The normalized spacial score (nSPS) is 25.7. The van der Waals surface area contributed by atoms with Gasteiger partial charge < -0.3 is 5.32 Å². The minimum Gasteiger partial charge on any atom is -0.307 e. The highest BCUT2D eigenvalue weighted by molar-refractivity contribution is 5.85. The maximum absolute atomic E-state index is 3.67. The molecule has 1 aliphatic heterocycles. The van der Waals surface area contributed by atoms with Gasteiger partial charge in [0.25, 0.3) is 0 Å². The van der Waals surface area contributed by atoms with Crippen LogP contribution in [0, 0.1) is 6.92 Å². The highest BCUT2D eigenvalue weighted by Gasteiger charge is 2.19. The molecule has 0 amide bonds. The lowest BCUT2D eigenvalue weighted by Gasteiger charge is -2.30. The molecule has 1 fully saturated rings. The van der Waals surface area contributed by atoms with Crippen LogP contribution in [0.25, 0.3) is 0 Å². The van der Waals surface area contributed by atoms with Gasteiger partial charge in [-0.1, -0.05) is 30.7 Å². The van der Waals surface area contributed by atoms with Crippen LogP contribution < -0.4 is 5.32 Å². The van der Waals surface area contributed by atoms with E-state index in [1.54, 1.807) is 0 Å². The van der Waals surface area contributed by atoms with Crippen molar-refractivity contribution in [1.82, 2.24) is 5.32 Å². The van der Waals surface area contributed by atoms with Crippen molar-refractivity contribution in [2.75, 3.05) is 0 Å². The van der Waals surface area contributed by atoms with Gasteiger partial charge in [-0.2, -0.15) is 0 Å². The molecule has 2 rings (SSSR count). The number of aryl methyl sites for hydroxylation is 1. The molecule has 0 aliphatic carbocycles. The molecule has 0 spiro atoms. The Morgan fingerprint density at radius 1 is 1.20 bits per heavy atom. The molecule has 0 unspecified atom stereocenters. The van der Waals surface area contributed by atoms with Crippen molar-refractivity contribution >= 4 is 12.4 Å². The second kappa shape index (κ2) is 5.53. The highest BCUT2D eigenvalue weighted by Crippen LogP contribution is 2.27. The first-order chi connectivity index (χ1) is 6.77. The fourth-order valence-corrected chi connectivity index (χ4v) is 2.36. The van der Waals surface area contributed by atoms with Crippen molar-refractivity contribution < 1.29 is 0 Å². The van der Waals surface area contributed by atoms with Crippen LogP contribution in [0.3, 0.4) is 0 Å². The second-order valence-corrected chi connectivity index (χ2v) is 4.41. The number of hydrogen-bond donors (Lipinski definition) is 1. The van der Waals surface area contributed by atoms with Gasteiger partial charge >= 0.3 is 0 Å². The SMILES string of the molecule is Cc1ccccc1[C@H]1CCC[C@@H](C)N1.Cl. The van der Waals surface area contributed by atoms with E-state index in [1.807, 2.05) is 0 Å². The average molecular weight is 226 g/mol. The lowest BCUT2D eigenvalue weighted by atomic mass is 9.92. The van der Waals surface area contributed by atoms with E-state index in [9.17, 15) is 0 Å². The Bertz CT molecular complexity index is 311. The molecule has 1 aliphatic rings. The summed E-state index contributed by atoms with van der Waals surface area (Å²) in [5.74, 6) is 0. The topological polar surface area (TPSA) is 12.0 Å². The van der Waals surface area contributed by atoms with Crippen LogP contribution >= 0.6 is 12.4 Å². The number of piperidine rings is 1. The number of nitrogens with one attached hydrogen (secondary N) is 1. The lowest BCUT2D eigenvalue weighted by molar-refractivity contribution is 0.340. The number of benzene rings is 1. The van der Waals surface area contributed by atoms with Crippen molar-refractivity contribution in [3.05, 3.63) is 35.4 Å². The zero-order valence-electron chi connectivity index (χ0n) is 9.49. The van der Waals surface area contributed by atoms with Crippen LogP contribution in [0.1, 0.15) is 43.4 Å². The Kier molecular flexibility index (Phi) is 4.62. The van der Waals surface area contributed by atoms with Crippen LogP contribution in [-0.2, 0) is 0 Å². The monoisotopic (exact) mass is 225 g/mol. The number of halogens is 1. The molecule has 0 saturated carbocycles. The van der Waals surface area contributed by atoms with Gasteiger partial charge in [0.2, 0.25) is 0 Å². The third-order valence-corrected chi connectivity index (χ3v) is 3.18. The third-order valence-electron chi connectivity index (χ3n) is 3.18. The molecule has 15 heavy (non-hydrogen) atoms. The van der Waals surface area contributed by atoms with E-state index in [0.717, 1.165) is 0 Å². The third kappa shape index (κ3) is 2.96. The molecule has 1 nitrogen and oxygen atoms in total. The molecule has 0 radical (unpaired) electrons. The Labute approximate surface area is 98.7 Å². The van der Waals surface area contributed by atoms with Crippen molar-refractivity contribution in [3.8, 4) is 0 Å². The van der Waals surface area contributed by atoms with Crippen LogP contribution in [0.2, 0.25) is 0 Å². The Morgan fingerprint density at radius 3 is 2.60 bits per heavy atom. The smallest absolute Gasteiger partial charge is 0.0325 e. The summed E-state index contributed by atoms with van der Waals surface area (Å²) in [5, 5.41) is 3.67. The molecular formula is C13H20ClN.